The first kappa shape index (κ1) is 13.4. The van der Waals surface area contributed by atoms with E-state index in [2.05, 4.69) is 4.74 Å². The standard InChI is InChI=1S/C14H12FNO2S/c1-18-14(17)9-5-4-8-12(13(9)16)19-11-7-3-2-6-10(11)15/h2-8H,16H2,1H3. The van der Waals surface area contributed by atoms with Crippen LogP contribution >= 0.6 is 11.8 Å². The molecule has 0 aliphatic heterocycles. The minimum Gasteiger partial charge on any atom is -0.465 e. The lowest BCUT2D eigenvalue weighted by Gasteiger charge is -2.09. The Balaban J connectivity index is 2.37. The maximum atomic E-state index is 13.6. The zero-order chi connectivity index (χ0) is 13.8. The Hall–Kier alpha value is -2.01. The second kappa shape index (κ2) is 5.75. The minimum atomic E-state index is -0.506. The van der Waals surface area contributed by atoms with E-state index in [9.17, 15) is 9.18 Å². The first-order chi connectivity index (χ1) is 9.13. The van der Waals surface area contributed by atoms with E-state index in [1.807, 2.05) is 0 Å². The molecule has 19 heavy (non-hydrogen) atoms. The van der Waals surface area contributed by atoms with Gasteiger partial charge in [0.25, 0.3) is 0 Å². The van der Waals surface area contributed by atoms with Crippen molar-refractivity contribution >= 4 is 23.4 Å². The molecule has 0 aliphatic rings. The number of carbonyl (C=O) groups is 1. The molecule has 0 radical (unpaired) electrons. The quantitative estimate of drug-likeness (QED) is 0.690. The van der Waals surface area contributed by atoms with Crippen molar-refractivity contribution in [3.63, 3.8) is 0 Å². The fourth-order valence-electron chi connectivity index (χ4n) is 1.57. The summed E-state index contributed by atoms with van der Waals surface area (Å²) in [6, 6.07) is 11.4. The van der Waals surface area contributed by atoms with Gasteiger partial charge in [0.15, 0.2) is 0 Å². The van der Waals surface area contributed by atoms with Crippen LogP contribution in [0.3, 0.4) is 0 Å². The molecular formula is C14H12FNO2S. The average molecular weight is 277 g/mol. The van der Waals surface area contributed by atoms with Crippen LogP contribution in [0.25, 0.3) is 0 Å². The number of halogens is 1. The molecule has 0 bridgehead atoms. The van der Waals surface area contributed by atoms with Crippen molar-refractivity contribution in [1.29, 1.82) is 0 Å². The third-order valence-corrected chi connectivity index (χ3v) is 3.65. The number of hydrogen-bond donors (Lipinski definition) is 1. The van der Waals surface area contributed by atoms with Gasteiger partial charge in [-0.1, -0.05) is 30.0 Å². The van der Waals surface area contributed by atoms with E-state index in [1.54, 1.807) is 36.4 Å². The van der Waals surface area contributed by atoms with E-state index in [0.29, 0.717) is 15.5 Å². The molecule has 5 heteroatoms. The molecule has 3 nitrogen and oxygen atoms in total. The predicted molar refractivity (Wildman–Crippen MR) is 72.7 cm³/mol. The summed E-state index contributed by atoms with van der Waals surface area (Å²) in [6.45, 7) is 0. The Labute approximate surface area is 114 Å². The molecule has 0 saturated carbocycles. The van der Waals surface area contributed by atoms with E-state index >= 15 is 0 Å². The highest BCUT2D eigenvalue weighted by Crippen LogP contribution is 2.35. The molecule has 2 aromatic rings. The minimum absolute atomic E-state index is 0.281. The number of methoxy groups -OCH3 is 1. The van der Waals surface area contributed by atoms with Crippen LogP contribution in [0, 0.1) is 5.82 Å². The summed E-state index contributed by atoms with van der Waals surface area (Å²) in [5, 5.41) is 0. The van der Waals surface area contributed by atoms with Gasteiger partial charge in [-0.15, -0.1) is 0 Å². The Bertz CT molecular complexity index is 616. The molecule has 0 fully saturated rings. The molecule has 2 aromatic carbocycles. The maximum absolute atomic E-state index is 13.6. The second-order valence-corrected chi connectivity index (χ2v) is 4.83. The van der Waals surface area contributed by atoms with Crippen LogP contribution < -0.4 is 5.73 Å². The highest BCUT2D eigenvalue weighted by Gasteiger charge is 2.14. The summed E-state index contributed by atoms with van der Waals surface area (Å²) < 4.78 is 18.2. The lowest BCUT2D eigenvalue weighted by molar-refractivity contribution is 0.0601. The number of carbonyl (C=O) groups excluding carboxylic acids is 1. The molecule has 0 amide bonds. The molecule has 0 aliphatic carbocycles. The molecule has 0 saturated heterocycles. The van der Waals surface area contributed by atoms with Gasteiger partial charge in [-0.25, -0.2) is 9.18 Å². The number of hydrogen-bond acceptors (Lipinski definition) is 4. The van der Waals surface area contributed by atoms with Gasteiger partial charge in [-0.2, -0.15) is 0 Å². The van der Waals surface area contributed by atoms with Crippen LogP contribution in [0.15, 0.2) is 52.3 Å². The zero-order valence-corrected chi connectivity index (χ0v) is 11.0. The van der Waals surface area contributed by atoms with Crippen molar-refractivity contribution in [2.45, 2.75) is 9.79 Å². The Kier molecular flexibility index (Phi) is 4.06. The molecule has 0 spiro atoms. The number of esters is 1. The SMILES string of the molecule is COC(=O)c1cccc(Sc2ccccc2F)c1N. The topological polar surface area (TPSA) is 52.3 Å². The van der Waals surface area contributed by atoms with Gasteiger partial charge in [-0.05, 0) is 24.3 Å². The van der Waals surface area contributed by atoms with Crippen LogP contribution in [0.5, 0.6) is 0 Å². The molecular weight excluding hydrogens is 265 g/mol. The monoisotopic (exact) mass is 277 g/mol. The first-order valence-electron chi connectivity index (χ1n) is 5.52. The van der Waals surface area contributed by atoms with Gasteiger partial charge < -0.3 is 10.5 Å². The molecule has 0 atom stereocenters. The third kappa shape index (κ3) is 2.88. The van der Waals surface area contributed by atoms with Crippen molar-refractivity contribution < 1.29 is 13.9 Å². The summed E-state index contributed by atoms with van der Waals surface area (Å²) in [7, 11) is 1.29. The Morgan fingerprint density at radius 1 is 1.16 bits per heavy atom. The van der Waals surface area contributed by atoms with E-state index in [4.69, 9.17) is 5.73 Å². The summed E-state index contributed by atoms with van der Waals surface area (Å²) in [5.41, 5.74) is 6.49. The summed E-state index contributed by atoms with van der Waals surface area (Å²) in [4.78, 5) is 12.6. The van der Waals surface area contributed by atoms with Crippen LogP contribution in [0.1, 0.15) is 10.4 Å². The second-order valence-electron chi connectivity index (χ2n) is 3.74. The highest BCUT2D eigenvalue weighted by atomic mass is 32.2. The Morgan fingerprint density at radius 3 is 2.53 bits per heavy atom. The molecule has 0 aromatic heterocycles. The van der Waals surface area contributed by atoms with Gasteiger partial charge in [-0.3, -0.25) is 0 Å². The summed E-state index contributed by atoms with van der Waals surface area (Å²) in [6.07, 6.45) is 0. The molecule has 2 rings (SSSR count). The largest absolute Gasteiger partial charge is 0.465 e. The molecule has 2 N–H and O–H groups in total. The van der Waals surface area contributed by atoms with Gasteiger partial charge in [0, 0.05) is 9.79 Å². The van der Waals surface area contributed by atoms with Crippen LogP contribution in [-0.4, -0.2) is 13.1 Å². The van der Waals surface area contributed by atoms with Gasteiger partial charge in [0.2, 0.25) is 0 Å². The number of nitrogen functional groups attached to an aromatic ring is 1. The molecule has 0 unspecified atom stereocenters. The van der Waals surface area contributed by atoms with E-state index in [0.717, 1.165) is 0 Å². The van der Waals surface area contributed by atoms with Crippen LogP contribution in [0.4, 0.5) is 10.1 Å². The zero-order valence-electron chi connectivity index (χ0n) is 10.2. The fourth-order valence-corrected chi connectivity index (χ4v) is 2.48. The van der Waals surface area contributed by atoms with Crippen molar-refractivity contribution in [2.24, 2.45) is 0 Å². The van der Waals surface area contributed by atoms with E-state index in [-0.39, 0.29) is 11.4 Å². The number of para-hydroxylation sites is 1. The number of benzene rings is 2. The number of rotatable bonds is 3. The smallest absolute Gasteiger partial charge is 0.339 e. The third-order valence-electron chi connectivity index (χ3n) is 2.53. The maximum Gasteiger partial charge on any atom is 0.339 e. The summed E-state index contributed by atoms with van der Waals surface area (Å²) >= 11 is 1.18. The van der Waals surface area contributed by atoms with Crippen molar-refractivity contribution in [2.75, 3.05) is 12.8 Å². The normalized spacial score (nSPS) is 10.2. The lowest BCUT2D eigenvalue weighted by Crippen LogP contribution is -2.06. The van der Waals surface area contributed by atoms with Crippen LogP contribution in [-0.2, 0) is 4.74 Å². The average Bonchev–Trinajstić information content (AvgIpc) is 2.42. The molecule has 98 valence electrons. The van der Waals surface area contributed by atoms with E-state index in [1.165, 1.54) is 24.9 Å². The predicted octanol–water partition coefficient (Wildman–Crippen LogP) is 3.35. The van der Waals surface area contributed by atoms with Gasteiger partial charge >= 0.3 is 5.97 Å². The highest BCUT2D eigenvalue weighted by molar-refractivity contribution is 7.99. The number of anilines is 1. The van der Waals surface area contributed by atoms with E-state index < -0.39 is 5.97 Å². The summed E-state index contributed by atoms with van der Waals surface area (Å²) in [5.74, 6) is -0.830. The van der Waals surface area contributed by atoms with Gasteiger partial charge in [0.1, 0.15) is 5.82 Å². The van der Waals surface area contributed by atoms with Crippen LogP contribution in [0.2, 0.25) is 0 Å². The van der Waals surface area contributed by atoms with Crippen molar-refractivity contribution in [1.82, 2.24) is 0 Å². The van der Waals surface area contributed by atoms with Gasteiger partial charge in [0.05, 0.1) is 18.4 Å². The fraction of sp³-hybridized carbons (Fsp3) is 0.0714. The van der Waals surface area contributed by atoms with Crippen molar-refractivity contribution in [3.05, 3.63) is 53.8 Å². The lowest BCUT2D eigenvalue weighted by atomic mass is 10.2. The first-order valence-corrected chi connectivity index (χ1v) is 6.34. The number of ether oxygens (including phenoxy) is 1. The van der Waals surface area contributed by atoms with Crippen molar-refractivity contribution in [3.8, 4) is 0 Å². The number of nitrogens with two attached hydrogens (primary N) is 1. The molecule has 0 heterocycles. The Morgan fingerprint density at radius 2 is 1.84 bits per heavy atom.